The van der Waals surface area contributed by atoms with E-state index >= 15 is 0 Å². The van der Waals surface area contributed by atoms with Gasteiger partial charge in [0.25, 0.3) is 0 Å². The van der Waals surface area contributed by atoms with Crippen molar-refractivity contribution in [2.45, 2.75) is 77.1 Å². The molecule has 0 aromatic heterocycles. The summed E-state index contributed by atoms with van der Waals surface area (Å²) < 4.78 is 5.89. The fourth-order valence-corrected chi connectivity index (χ4v) is 4.23. The largest absolute Gasteiger partial charge is 0.385 e. The van der Waals surface area contributed by atoms with E-state index < -0.39 is 5.60 Å². The summed E-state index contributed by atoms with van der Waals surface area (Å²) >= 11 is 0. The first kappa shape index (κ1) is 15.9. The standard InChI is InChI=1S/C19H28O3/c1-12(2)14-10-16(20)15-11-17-18(4,22-17)8-5-6-13(3)7-9-19(14,15)21/h6,10,12,15,17,21H,5,7-9,11H2,1-4H3/b13-6+/t15-,17+,18+,19+/m1/s1. The average Bonchev–Trinajstić information content (AvgIpc) is 3.00. The second-order valence-corrected chi connectivity index (χ2v) is 7.88. The maximum Gasteiger partial charge on any atom is 0.162 e. The highest BCUT2D eigenvalue weighted by atomic mass is 16.6. The summed E-state index contributed by atoms with van der Waals surface area (Å²) in [5.41, 5.74) is 1.12. The van der Waals surface area contributed by atoms with Crippen LogP contribution in [0, 0.1) is 11.8 Å². The minimum absolute atomic E-state index is 0.0879. The van der Waals surface area contributed by atoms with Crippen LogP contribution in [0.15, 0.2) is 23.3 Å². The Hall–Kier alpha value is -0.930. The van der Waals surface area contributed by atoms with Crippen molar-refractivity contribution in [2.75, 3.05) is 0 Å². The highest BCUT2D eigenvalue weighted by Gasteiger charge is 2.57. The van der Waals surface area contributed by atoms with E-state index in [0.29, 0.717) is 12.8 Å². The first-order chi connectivity index (χ1) is 10.3. The number of carbonyl (C=O) groups excluding carboxylic acids is 1. The van der Waals surface area contributed by atoms with Gasteiger partial charge < -0.3 is 9.84 Å². The van der Waals surface area contributed by atoms with Crippen molar-refractivity contribution in [1.29, 1.82) is 0 Å². The van der Waals surface area contributed by atoms with Crippen LogP contribution < -0.4 is 0 Å². The molecule has 1 N–H and O–H groups in total. The molecule has 3 aliphatic rings. The van der Waals surface area contributed by atoms with E-state index in [1.165, 1.54) is 5.57 Å². The lowest BCUT2D eigenvalue weighted by molar-refractivity contribution is -0.123. The fourth-order valence-electron chi connectivity index (χ4n) is 4.23. The summed E-state index contributed by atoms with van der Waals surface area (Å²) in [4.78, 5) is 12.5. The van der Waals surface area contributed by atoms with Gasteiger partial charge in [-0.3, -0.25) is 4.79 Å². The highest BCUT2D eigenvalue weighted by Crippen LogP contribution is 2.50. The Morgan fingerprint density at radius 3 is 2.77 bits per heavy atom. The average molecular weight is 304 g/mol. The number of hydrogen-bond acceptors (Lipinski definition) is 3. The van der Waals surface area contributed by atoms with Crippen molar-refractivity contribution in [1.82, 2.24) is 0 Å². The Bertz CT molecular complexity index is 545. The SMILES string of the molecule is C/C1=C\CC[C@]2(C)O[C@H]2C[C@@H]2C(=O)C=C(C(C)C)[C@@]2(O)CC1. The molecule has 0 unspecified atom stereocenters. The summed E-state index contributed by atoms with van der Waals surface area (Å²) in [7, 11) is 0. The van der Waals surface area contributed by atoms with Crippen LogP contribution in [0.3, 0.4) is 0 Å². The van der Waals surface area contributed by atoms with Gasteiger partial charge in [-0.2, -0.15) is 0 Å². The molecule has 0 aromatic rings. The molecular weight excluding hydrogens is 276 g/mol. The Labute approximate surface area is 133 Å². The number of epoxide rings is 1. The molecule has 3 nitrogen and oxygen atoms in total. The molecule has 1 saturated heterocycles. The summed E-state index contributed by atoms with van der Waals surface area (Å²) in [5, 5.41) is 11.4. The molecule has 0 amide bonds. The van der Waals surface area contributed by atoms with Gasteiger partial charge in [0, 0.05) is 0 Å². The maximum atomic E-state index is 12.5. The van der Waals surface area contributed by atoms with Crippen molar-refractivity contribution in [3.8, 4) is 0 Å². The van der Waals surface area contributed by atoms with Crippen molar-refractivity contribution >= 4 is 5.78 Å². The van der Waals surface area contributed by atoms with Gasteiger partial charge in [-0.15, -0.1) is 0 Å². The molecule has 0 spiro atoms. The molecule has 2 aliphatic carbocycles. The topological polar surface area (TPSA) is 49.8 Å². The predicted octanol–water partition coefficient (Wildman–Crippen LogP) is 3.57. The minimum atomic E-state index is -0.989. The Kier molecular flexibility index (Phi) is 3.85. The molecule has 1 aliphatic heterocycles. The van der Waals surface area contributed by atoms with Crippen molar-refractivity contribution < 1.29 is 14.6 Å². The number of carbonyl (C=O) groups is 1. The van der Waals surface area contributed by atoms with Gasteiger partial charge in [-0.1, -0.05) is 25.5 Å². The van der Waals surface area contributed by atoms with Gasteiger partial charge in [-0.05, 0) is 63.5 Å². The van der Waals surface area contributed by atoms with Crippen LogP contribution in [0.2, 0.25) is 0 Å². The Morgan fingerprint density at radius 2 is 2.09 bits per heavy atom. The van der Waals surface area contributed by atoms with E-state index in [2.05, 4.69) is 33.8 Å². The second kappa shape index (κ2) is 5.31. The number of allylic oxidation sites excluding steroid dienone is 3. The van der Waals surface area contributed by atoms with Crippen LogP contribution in [-0.2, 0) is 9.53 Å². The maximum absolute atomic E-state index is 12.5. The van der Waals surface area contributed by atoms with E-state index in [1.54, 1.807) is 6.08 Å². The molecule has 0 bridgehead atoms. The van der Waals surface area contributed by atoms with Gasteiger partial charge in [-0.25, -0.2) is 0 Å². The van der Waals surface area contributed by atoms with Gasteiger partial charge in [0.2, 0.25) is 0 Å². The second-order valence-electron chi connectivity index (χ2n) is 7.88. The monoisotopic (exact) mass is 304 g/mol. The lowest BCUT2D eigenvalue weighted by atomic mass is 9.75. The normalized spacial score (nSPS) is 44.5. The number of rotatable bonds is 1. The predicted molar refractivity (Wildman–Crippen MR) is 86.5 cm³/mol. The van der Waals surface area contributed by atoms with Gasteiger partial charge in [0.05, 0.1) is 23.2 Å². The summed E-state index contributed by atoms with van der Waals surface area (Å²) in [6.45, 7) is 8.38. The zero-order chi connectivity index (χ0) is 16.1. The Morgan fingerprint density at radius 1 is 1.36 bits per heavy atom. The van der Waals surface area contributed by atoms with E-state index in [1.807, 2.05) is 0 Å². The minimum Gasteiger partial charge on any atom is -0.385 e. The van der Waals surface area contributed by atoms with Crippen LogP contribution in [0.5, 0.6) is 0 Å². The number of ketones is 1. The number of fused-ring (bicyclic) bond motifs is 2. The summed E-state index contributed by atoms with van der Waals surface area (Å²) in [6, 6.07) is 0. The van der Waals surface area contributed by atoms with Crippen molar-refractivity contribution in [2.24, 2.45) is 11.8 Å². The van der Waals surface area contributed by atoms with Crippen LogP contribution in [0.25, 0.3) is 0 Å². The highest BCUT2D eigenvalue weighted by molar-refractivity contribution is 5.97. The molecule has 3 rings (SSSR count). The van der Waals surface area contributed by atoms with Gasteiger partial charge in [0.1, 0.15) is 0 Å². The third kappa shape index (κ3) is 2.59. The first-order valence-electron chi connectivity index (χ1n) is 8.58. The smallest absolute Gasteiger partial charge is 0.162 e. The molecule has 122 valence electrons. The number of ether oxygens (including phenoxy) is 1. The molecule has 0 saturated carbocycles. The zero-order valence-electron chi connectivity index (χ0n) is 14.2. The molecule has 4 atom stereocenters. The summed E-state index contributed by atoms with van der Waals surface area (Å²) in [6.07, 6.45) is 8.24. The zero-order valence-corrected chi connectivity index (χ0v) is 14.2. The molecule has 3 heteroatoms. The van der Waals surface area contributed by atoms with Crippen molar-refractivity contribution in [3.63, 3.8) is 0 Å². The van der Waals surface area contributed by atoms with E-state index in [0.717, 1.165) is 24.8 Å². The fraction of sp³-hybridized carbons (Fsp3) is 0.737. The number of aliphatic hydroxyl groups is 1. The van der Waals surface area contributed by atoms with Crippen LogP contribution in [0.1, 0.15) is 59.8 Å². The van der Waals surface area contributed by atoms with E-state index in [9.17, 15) is 9.90 Å². The van der Waals surface area contributed by atoms with E-state index in [-0.39, 0.29) is 29.3 Å². The van der Waals surface area contributed by atoms with E-state index in [4.69, 9.17) is 4.74 Å². The molecule has 22 heavy (non-hydrogen) atoms. The number of hydrogen-bond donors (Lipinski definition) is 1. The molecular formula is C19H28O3. The van der Waals surface area contributed by atoms with Crippen LogP contribution in [-0.4, -0.2) is 28.2 Å². The quantitative estimate of drug-likeness (QED) is 0.595. The van der Waals surface area contributed by atoms with Gasteiger partial charge in [0.15, 0.2) is 5.78 Å². The van der Waals surface area contributed by atoms with Gasteiger partial charge >= 0.3 is 0 Å². The molecule has 0 radical (unpaired) electrons. The Balaban J connectivity index is 1.93. The third-order valence-electron chi connectivity index (χ3n) is 5.86. The molecule has 0 aromatic carbocycles. The third-order valence-corrected chi connectivity index (χ3v) is 5.86. The van der Waals surface area contributed by atoms with Crippen molar-refractivity contribution in [3.05, 3.63) is 23.3 Å². The molecule has 1 heterocycles. The first-order valence-corrected chi connectivity index (χ1v) is 8.58. The van der Waals surface area contributed by atoms with Crippen LogP contribution in [0.4, 0.5) is 0 Å². The van der Waals surface area contributed by atoms with Crippen LogP contribution >= 0.6 is 0 Å². The summed E-state index contributed by atoms with van der Waals surface area (Å²) in [5.74, 6) is -0.0487. The lowest BCUT2D eigenvalue weighted by Crippen LogP contribution is -2.41. The lowest BCUT2D eigenvalue weighted by Gasteiger charge is -2.34. The molecule has 1 fully saturated rings.